The Morgan fingerprint density at radius 3 is 2.76 bits per heavy atom. The molecule has 0 amide bonds. The Hall–Kier alpha value is -2.85. The molecular weight excluding hydrogens is 352 g/mol. The molecule has 0 aliphatic rings. The first-order chi connectivity index (χ1) is 11.8. The first kappa shape index (κ1) is 18.5. The van der Waals surface area contributed by atoms with E-state index in [1.165, 1.54) is 12.3 Å². The van der Waals surface area contributed by atoms with Gasteiger partial charge in [0.25, 0.3) is 6.47 Å². The SMILES string of the molecule is Cc1cc(NCc2ccco2)c(C(=O)OCOC=O)cc1S(N)(=O)=O. The van der Waals surface area contributed by atoms with Gasteiger partial charge >= 0.3 is 5.97 Å². The minimum atomic E-state index is -4.03. The molecule has 9 nitrogen and oxygen atoms in total. The van der Waals surface area contributed by atoms with Crippen LogP contribution >= 0.6 is 0 Å². The number of carbonyl (C=O) groups excluding carboxylic acids is 2. The van der Waals surface area contributed by atoms with Crippen molar-refractivity contribution in [2.45, 2.75) is 18.4 Å². The molecule has 0 fully saturated rings. The van der Waals surface area contributed by atoms with Crippen LogP contribution in [-0.4, -0.2) is 27.7 Å². The summed E-state index contributed by atoms with van der Waals surface area (Å²) in [6, 6.07) is 6.00. The monoisotopic (exact) mass is 368 g/mol. The van der Waals surface area contributed by atoms with Crippen molar-refractivity contribution in [2.24, 2.45) is 5.14 Å². The Morgan fingerprint density at radius 1 is 1.40 bits per heavy atom. The van der Waals surface area contributed by atoms with E-state index in [0.29, 0.717) is 17.0 Å². The van der Waals surface area contributed by atoms with E-state index in [9.17, 15) is 18.0 Å². The third-order valence-corrected chi connectivity index (χ3v) is 4.25. The van der Waals surface area contributed by atoms with Gasteiger partial charge in [0.1, 0.15) is 5.76 Å². The lowest BCUT2D eigenvalue weighted by Crippen LogP contribution is -2.17. The van der Waals surface area contributed by atoms with Crippen LogP contribution in [0.25, 0.3) is 0 Å². The minimum absolute atomic E-state index is 0.0734. The number of anilines is 1. The number of nitrogens with one attached hydrogen (secondary N) is 1. The lowest BCUT2D eigenvalue weighted by molar-refractivity contribution is -0.136. The van der Waals surface area contributed by atoms with Gasteiger partial charge in [-0.2, -0.15) is 0 Å². The molecule has 0 aliphatic heterocycles. The highest BCUT2D eigenvalue weighted by atomic mass is 32.2. The summed E-state index contributed by atoms with van der Waals surface area (Å²) in [7, 11) is -4.03. The van der Waals surface area contributed by atoms with Crippen LogP contribution in [0.1, 0.15) is 21.7 Å². The maximum atomic E-state index is 12.2. The zero-order valence-corrected chi connectivity index (χ0v) is 14.0. The molecule has 25 heavy (non-hydrogen) atoms. The quantitative estimate of drug-likeness (QED) is 0.306. The van der Waals surface area contributed by atoms with Crippen molar-refractivity contribution in [3.05, 3.63) is 47.4 Å². The molecule has 0 radical (unpaired) electrons. The van der Waals surface area contributed by atoms with Crippen LogP contribution in [0, 0.1) is 6.92 Å². The molecule has 0 saturated heterocycles. The van der Waals surface area contributed by atoms with Gasteiger partial charge in [0.15, 0.2) is 0 Å². The van der Waals surface area contributed by atoms with E-state index in [0.717, 1.165) is 6.07 Å². The third-order valence-electron chi connectivity index (χ3n) is 3.20. The average molecular weight is 368 g/mol. The second-order valence-electron chi connectivity index (χ2n) is 4.95. The number of furan rings is 1. The number of hydrogen-bond donors (Lipinski definition) is 2. The number of carbonyl (C=O) groups is 2. The Kier molecular flexibility index (Phi) is 5.78. The second kappa shape index (κ2) is 7.81. The number of hydrogen-bond acceptors (Lipinski definition) is 8. The molecule has 1 aromatic heterocycles. The van der Waals surface area contributed by atoms with Crippen LogP contribution in [-0.2, 0) is 30.8 Å². The molecule has 2 rings (SSSR count). The number of rotatable bonds is 8. The Labute approximate surface area is 143 Å². The summed E-state index contributed by atoms with van der Waals surface area (Å²) in [6.45, 7) is 1.32. The predicted molar refractivity (Wildman–Crippen MR) is 86.0 cm³/mol. The molecule has 2 aromatic rings. The Balaban J connectivity index is 2.36. The van der Waals surface area contributed by atoms with Crippen LogP contribution in [0.4, 0.5) is 5.69 Å². The molecule has 0 aliphatic carbocycles. The van der Waals surface area contributed by atoms with Crippen LogP contribution in [0.3, 0.4) is 0 Å². The van der Waals surface area contributed by atoms with Gasteiger partial charge in [-0.3, -0.25) is 4.79 Å². The van der Waals surface area contributed by atoms with Gasteiger partial charge in [0.2, 0.25) is 16.8 Å². The molecule has 0 atom stereocenters. The average Bonchev–Trinajstić information content (AvgIpc) is 3.05. The van der Waals surface area contributed by atoms with E-state index < -0.39 is 22.8 Å². The fraction of sp³-hybridized carbons (Fsp3) is 0.200. The fourth-order valence-electron chi connectivity index (χ4n) is 2.10. The molecular formula is C15H16N2O7S. The molecule has 0 saturated carbocycles. The van der Waals surface area contributed by atoms with E-state index in [4.69, 9.17) is 14.3 Å². The van der Waals surface area contributed by atoms with Gasteiger partial charge in [-0.25, -0.2) is 18.4 Å². The van der Waals surface area contributed by atoms with Gasteiger partial charge in [0, 0.05) is 5.69 Å². The van der Waals surface area contributed by atoms with Crippen molar-refractivity contribution in [1.82, 2.24) is 0 Å². The van der Waals surface area contributed by atoms with Crippen LogP contribution in [0.5, 0.6) is 0 Å². The standard InChI is InChI=1S/C15H16N2O7S/c1-10-5-13(17-7-11-3-2-4-23-11)12(6-14(10)25(16,20)21)15(19)24-9-22-8-18/h2-6,8,17H,7,9H2,1H3,(H2,16,20,21). The topological polar surface area (TPSA) is 138 Å². The van der Waals surface area contributed by atoms with Crippen LogP contribution < -0.4 is 10.5 Å². The van der Waals surface area contributed by atoms with E-state index in [1.807, 2.05) is 0 Å². The van der Waals surface area contributed by atoms with Crippen molar-refractivity contribution >= 4 is 28.2 Å². The number of nitrogens with two attached hydrogens (primary N) is 1. The first-order valence-corrected chi connectivity index (χ1v) is 8.53. The summed E-state index contributed by atoms with van der Waals surface area (Å²) in [4.78, 5) is 22.1. The summed E-state index contributed by atoms with van der Waals surface area (Å²) in [5.41, 5.74) is 0.596. The highest BCUT2D eigenvalue weighted by molar-refractivity contribution is 7.89. The number of benzene rings is 1. The van der Waals surface area contributed by atoms with Crippen molar-refractivity contribution in [1.29, 1.82) is 0 Å². The van der Waals surface area contributed by atoms with Gasteiger partial charge in [-0.1, -0.05) is 0 Å². The lowest BCUT2D eigenvalue weighted by atomic mass is 10.1. The van der Waals surface area contributed by atoms with E-state index in [-0.39, 0.29) is 23.5 Å². The van der Waals surface area contributed by atoms with Crippen molar-refractivity contribution in [3.63, 3.8) is 0 Å². The molecule has 1 heterocycles. The van der Waals surface area contributed by atoms with Crippen molar-refractivity contribution in [2.75, 3.05) is 12.1 Å². The summed E-state index contributed by atoms with van der Waals surface area (Å²) >= 11 is 0. The highest BCUT2D eigenvalue weighted by Crippen LogP contribution is 2.25. The Morgan fingerprint density at radius 2 is 2.16 bits per heavy atom. The Bertz CT molecular complexity index is 860. The molecule has 0 bridgehead atoms. The zero-order chi connectivity index (χ0) is 18.4. The fourth-order valence-corrected chi connectivity index (χ4v) is 2.89. The molecule has 3 N–H and O–H groups in total. The van der Waals surface area contributed by atoms with Gasteiger partial charge in [-0.05, 0) is 36.8 Å². The predicted octanol–water partition coefficient (Wildman–Crippen LogP) is 1.13. The van der Waals surface area contributed by atoms with E-state index in [2.05, 4.69) is 10.1 Å². The van der Waals surface area contributed by atoms with E-state index in [1.54, 1.807) is 19.1 Å². The van der Waals surface area contributed by atoms with Gasteiger partial charge in [0.05, 0.1) is 23.3 Å². The zero-order valence-electron chi connectivity index (χ0n) is 13.2. The molecule has 134 valence electrons. The number of ether oxygens (including phenoxy) is 2. The third kappa shape index (κ3) is 4.81. The molecule has 10 heteroatoms. The van der Waals surface area contributed by atoms with Crippen LogP contribution in [0.15, 0.2) is 39.8 Å². The van der Waals surface area contributed by atoms with E-state index >= 15 is 0 Å². The largest absolute Gasteiger partial charge is 0.467 e. The molecule has 0 unspecified atom stereocenters. The smallest absolute Gasteiger partial charge is 0.343 e. The minimum Gasteiger partial charge on any atom is -0.467 e. The number of esters is 1. The van der Waals surface area contributed by atoms with Gasteiger partial charge in [-0.15, -0.1) is 0 Å². The number of aryl methyl sites for hydroxylation is 1. The van der Waals surface area contributed by atoms with Crippen LogP contribution in [0.2, 0.25) is 0 Å². The van der Waals surface area contributed by atoms with Gasteiger partial charge < -0.3 is 19.2 Å². The summed E-state index contributed by atoms with van der Waals surface area (Å²) < 4.78 is 37.6. The van der Waals surface area contributed by atoms with Crippen molar-refractivity contribution in [3.8, 4) is 0 Å². The lowest BCUT2D eigenvalue weighted by Gasteiger charge is -2.14. The summed E-state index contributed by atoms with van der Waals surface area (Å²) in [6.07, 6.45) is 1.50. The molecule has 0 spiro atoms. The summed E-state index contributed by atoms with van der Waals surface area (Å²) in [5, 5.41) is 8.13. The highest BCUT2D eigenvalue weighted by Gasteiger charge is 2.20. The molecule has 1 aromatic carbocycles. The summed E-state index contributed by atoms with van der Waals surface area (Å²) in [5.74, 6) is -0.273. The normalized spacial score (nSPS) is 11.0. The first-order valence-electron chi connectivity index (χ1n) is 6.99. The maximum absolute atomic E-state index is 12.2. The van der Waals surface area contributed by atoms with Crippen molar-refractivity contribution < 1.29 is 31.9 Å². The second-order valence-corrected chi connectivity index (χ2v) is 6.48. The number of primary sulfonamides is 1. The maximum Gasteiger partial charge on any atom is 0.343 e. The number of sulfonamides is 1.